The van der Waals surface area contributed by atoms with Crippen LogP contribution in [0.2, 0.25) is 0 Å². The Kier molecular flexibility index (Phi) is 4.13. The zero-order valence-electron chi connectivity index (χ0n) is 13.5. The highest BCUT2D eigenvalue weighted by molar-refractivity contribution is 6.11. The molecule has 4 nitrogen and oxygen atoms in total. The van der Waals surface area contributed by atoms with Crippen LogP contribution in [0, 0.1) is 17.1 Å². The van der Waals surface area contributed by atoms with Crippen molar-refractivity contribution >= 4 is 5.71 Å². The van der Waals surface area contributed by atoms with Crippen molar-refractivity contribution in [3.63, 3.8) is 0 Å². The number of nitrogens with zero attached hydrogens (tertiary/aromatic N) is 4. The Balaban J connectivity index is 1.97. The second-order valence-electron chi connectivity index (χ2n) is 5.80. The average molecular weight is 350 g/mol. The van der Waals surface area contributed by atoms with Crippen molar-refractivity contribution in [2.75, 3.05) is 6.54 Å². The molecule has 130 valence electrons. The van der Waals surface area contributed by atoms with Gasteiger partial charge in [0.05, 0.1) is 17.3 Å². The SMILES string of the molecule is CC1=CC(c2ccc(F)cc2C#N)=NC2=CCN([C@@H](C)C(F)(F)F)N12. The van der Waals surface area contributed by atoms with Crippen LogP contribution in [0.15, 0.2) is 46.9 Å². The highest BCUT2D eigenvalue weighted by Crippen LogP contribution is 2.34. The normalized spacial score (nSPS) is 18.9. The molecule has 0 aliphatic carbocycles. The molecule has 1 atom stereocenters. The van der Waals surface area contributed by atoms with Gasteiger partial charge in [0.1, 0.15) is 17.7 Å². The van der Waals surface area contributed by atoms with Gasteiger partial charge in [0, 0.05) is 17.8 Å². The van der Waals surface area contributed by atoms with Crippen LogP contribution < -0.4 is 0 Å². The van der Waals surface area contributed by atoms with Gasteiger partial charge in [-0.2, -0.15) is 23.4 Å². The van der Waals surface area contributed by atoms with E-state index in [0.29, 0.717) is 22.8 Å². The number of hydrazine groups is 1. The van der Waals surface area contributed by atoms with E-state index in [1.165, 1.54) is 22.2 Å². The van der Waals surface area contributed by atoms with E-state index in [9.17, 15) is 22.8 Å². The van der Waals surface area contributed by atoms with Crippen molar-refractivity contribution < 1.29 is 17.6 Å². The minimum Gasteiger partial charge on any atom is -0.261 e. The number of fused-ring (bicyclic) bond motifs is 1. The first-order chi connectivity index (χ1) is 11.7. The first-order valence-electron chi connectivity index (χ1n) is 7.53. The molecule has 0 spiro atoms. The van der Waals surface area contributed by atoms with Crippen molar-refractivity contribution in [1.82, 2.24) is 10.0 Å². The Bertz CT molecular complexity index is 845. The van der Waals surface area contributed by atoms with Crippen molar-refractivity contribution in [1.29, 1.82) is 5.26 Å². The Labute approximate surface area is 141 Å². The minimum atomic E-state index is -4.36. The molecule has 0 unspecified atom stereocenters. The van der Waals surface area contributed by atoms with Gasteiger partial charge in [0.2, 0.25) is 0 Å². The number of hydrogen-bond acceptors (Lipinski definition) is 4. The van der Waals surface area contributed by atoms with Gasteiger partial charge in [-0.15, -0.1) is 0 Å². The molecule has 2 heterocycles. The lowest BCUT2D eigenvalue weighted by Crippen LogP contribution is -2.49. The Morgan fingerprint density at radius 3 is 2.68 bits per heavy atom. The monoisotopic (exact) mass is 350 g/mol. The molecule has 0 saturated carbocycles. The second-order valence-corrected chi connectivity index (χ2v) is 5.80. The third kappa shape index (κ3) is 3.03. The Morgan fingerprint density at radius 2 is 2.04 bits per heavy atom. The average Bonchev–Trinajstić information content (AvgIpc) is 2.97. The first kappa shape index (κ1) is 17.2. The number of alkyl halides is 3. The van der Waals surface area contributed by atoms with Crippen LogP contribution in [0.5, 0.6) is 0 Å². The highest BCUT2D eigenvalue weighted by atomic mass is 19.4. The molecular formula is C17H14F4N4. The maximum Gasteiger partial charge on any atom is 0.405 e. The third-order valence-corrected chi connectivity index (χ3v) is 4.15. The number of aliphatic imine (C=N–C) groups is 1. The lowest BCUT2D eigenvalue weighted by atomic mass is 10.0. The van der Waals surface area contributed by atoms with Crippen LogP contribution in [0.25, 0.3) is 0 Å². The molecule has 0 saturated heterocycles. The summed E-state index contributed by atoms with van der Waals surface area (Å²) < 4.78 is 52.4. The van der Waals surface area contributed by atoms with Crippen LogP contribution in [0.4, 0.5) is 17.6 Å². The summed E-state index contributed by atoms with van der Waals surface area (Å²) in [6.45, 7) is 2.84. The summed E-state index contributed by atoms with van der Waals surface area (Å²) in [5.74, 6) is -0.177. The van der Waals surface area contributed by atoms with Gasteiger partial charge in [-0.1, -0.05) is 0 Å². The van der Waals surface area contributed by atoms with Crippen LogP contribution in [-0.2, 0) is 0 Å². The molecule has 1 aromatic rings. The summed E-state index contributed by atoms with van der Waals surface area (Å²) in [6.07, 6.45) is -1.18. The fourth-order valence-electron chi connectivity index (χ4n) is 2.84. The summed E-state index contributed by atoms with van der Waals surface area (Å²) in [5, 5.41) is 11.8. The number of halogens is 4. The molecule has 3 rings (SSSR count). The fourth-order valence-corrected chi connectivity index (χ4v) is 2.84. The molecule has 8 heteroatoms. The fraction of sp³-hybridized carbons (Fsp3) is 0.294. The van der Waals surface area contributed by atoms with E-state index < -0.39 is 18.0 Å². The van der Waals surface area contributed by atoms with Gasteiger partial charge in [0.15, 0.2) is 0 Å². The van der Waals surface area contributed by atoms with Crippen LogP contribution in [0.1, 0.15) is 25.0 Å². The minimum absolute atomic E-state index is 0.0759. The van der Waals surface area contributed by atoms with Gasteiger partial charge < -0.3 is 0 Å². The molecule has 2 aliphatic heterocycles. The lowest BCUT2D eigenvalue weighted by Gasteiger charge is -2.38. The summed E-state index contributed by atoms with van der Waals surface area (Å²) in [5.41, 5.74) is 1.51. The van der Waals surface area contributed by atoms with Gasteiger partial charge >= 0.3 is 6.18 Å². The van der Waals surface area contributed by atoms with Crippen molar-refractivity contribution in [2.24, 2.45) is 4.99 Å². The zero-order valence-corrected chi connectivity index (χ0v) is 13.5. The predicted octanol–water partition coefficient (Wildman–Crippen LogP) is 3.73. The van der Waals surface area contributed by atoms with E-state index in [1.807, 2.05) is 6.07 Å². The molecule has 25 heavy (non-hydrogen) atoms. The van der Waals surface area contributed by atoms with E-state index in [-0.39, 0.29) is 12.1 Å². The summed E-state index contributed by atoms with van der Waals surface area (Å²) in [7, 11) is 0. The smallest absolute Gasteiger partial charge is 0.261 e. The number of rotatable bonds is 2. The molecule has 0 bridgehead atoms. The maximum absolute atomic E-state index is 13.3. The van der Waals surface area contributed by atoms with E-state index >= 15 is 0 Å². The molecule has 2 aliphatic rings. The molecule has 0 amide bonds. The molecule has 0 N–H and O–H groups in total. The zero-order chi connectivity index (χ0) is 18.4. The maximum atomic E-state index is 13.3. The second kappa shape index (κ2) is 6.01. The van der Waals surface area contributed by atoms with Crippen molar-refractivity contribution in [3.8, 4) is 6.07 Å². The molecular weight excluding hydrogens is 336 g/mol. The quantitative estimate of drug-likeness (QED) is 0.764. The van der Waals surface area contributed by atoms with Gasteiger partial charge in [-0.25, -0.2) is 9.38 Å². The third-order valence-electron chi connectivity index (χ3n) is 4.15. The van der Waals surface area contributed by atoms with E-state index in [0.717, 1.165) is 13.0 Å². The summed E-state index contributed by atoms with van der Waals surface area (Å²) >= 11 is 0. The Morgan fingerprint density at radius 1 is 1.32 bits per heavy atom. The number of hydrogen-bond donors (Lipinski definition) is 0. The van der Waals surface area contributed by atoms with E-state index in [4.69, 9.17) is 0 Å². The van der Waals surface area contributed by atoms with Crippen LogP contribution in [0.3, 0.4) is 0 Å². The van der Waals surface area contributed by atoms with E-state index in [1.54, 1.807) is 19.1 Å². The number of allylic oxidation sites excluding steroid dienone is 2. The highest BCUT2D eigenvalue weighted by Gasteiger charge is 2.45. The van der Waals surface area contributed by atoms with E-state index in [2.05, 4.69) is 4.99 Å². The molecule has 0 aromatic heterocycles. The Hall–Kier alpha value is -2.66. The summed E-state index contributed by atoms with van der Waals surface area (Å²) in [4.78, 5) is 4.36. The summed E-state index contributed by atoms with van der Waals surface area (Å²) in [6, 6.07) is 4.01. The standard InChI is InChI=1S/C17H14F4N4/c1-10-7-15(14-4-3-13(18)8-12(14)9-22)23-16-5-6-24(25(10)16)11(2)17(19,20)21/h3-5,7-8,11H,6H2,1-2H3/t11-/m0/s1. The molecule has 0 radical (unpaired) electrons. The number of benzene rings is 1. The topological polar surface area (TPSA) is 42.6 Å². The van der Waals surface area contributed by atoms with Crippen molar-refractivity contribution in [3.05, 3.63) is 58.8 Å². The number of nitriles is 1. The van der Waals surface area contributed by atoms with Crippen LogP contribution in [-0.4, -0.2) is 34.5 Å². The van der Waals surface area contributed by atoms with Crippen molar-refractivity contribution in [2.45, 2.75) is 26.1 Å². The molecule has 0 fully saturated rings. The predicted molar refractivity (Wildman–Crippen MR) is 83.6 cm³/mol. The molecule has 1 aromatic carbocycles. The van der Waals surface area contributed by atoms with Gasteiger partial charge in [-0.05, 0) is 44.2 Å². The lowest BCUT2D eigenvalue weighted by molar-refractivity contribution is -0.201. The van der Waals surface area contributed by atoms with Gasteiger partial charge in [-0.3, -0.25) is 5.01 Å². The van der Waals surface area contributed by atoms with Crippen LogP contribution >= 0.6 is 0 Å². The van der Waals surface area contributed by atoms with Gasteiger partial charge in [0.25, 0.3) is 0 Å². The largest absolute Gasteiger partial charge is 0.405 e. The first-order valence-corrected chi connectivity index (χ1v) is 7.53.